The molecule has 386 valence electrons. The molecule has 0 radical (unpaired) electrons. The Kier molecular flexibility index (Phi) is 28.8. The molecular weight excluding hydrogens is 883 g/mol. The molecule has 0 aliphatic heterocycles. The summed E-state index contributed by atoms with van der Waals surface area (Å²) < 4.78 is 0. The first-order valence-corrected chi connectivity index (χ1v) is 25.2. The molecule has 0 rings (SSSR count). The number of hydrogen-bond acceptors (Lipinski definition) is 11. The van der Waals surface area contributed by atoms with E-state index in [1.807, 2.05) is 61.6 Å². The summed E-state index contributed by atoms with van der Waals surface area (Å²) in [4.78, 5) is 121. The van der Waals surface area contributed by atoms with Gasteiger partial charge in [0.1, 0.15) is 48.3 Å². The fraction of sp³-hybridized carbons (Fsp3) is 0.809. The summed E-state index contributed by atoms with van der Waals surface area (Å²) >= 11 is 1.43. The maximum Gasteiger partial charge on any atom is 0.326 e. The highest BCUT2D eigenvalue weighted by Gasteiger charge is 2.36. The van der Waals surface area contributed by atoms with Gasteiger partial charge in [-0.15, -0.1) is 0 Å². The largest absolute Gasteiger partial charge is 0.480 e. The van der Waals surface area contributed by atoms with Crippen molar-refractivity contribution in [3.8, 4) is 0 Å². The smallest absolute Gasteiger partial charge is 0.326 e. The van der Waals surface area contributed by atoms with E-state index in [1.54, 1.807) is 41.5 Å². The van der Waals surface area contributed by atoms with E-state index in [-0.39, 0.29) is 42.9 Å². The normalized spacial score (nSPS) is 15.8. The topological polar surface area (TPSA) is 296 Å². The van der Waals surface area contributed by atoms with Gasteiger partial charge in [-0.05, 0) is 92.5 Å². The zero-order valence-corrected chi connectivity index (χ0v) is 43.9. The third-order valence-corrected chi connectivity index (χ3v) is 11.4. The second-order valence-corrected chi connectivity index (χ2v) is 21.4. The maximum absolute atomic E-state index is 14.0. The van der Waals surface area contributed by atoms with E-state index < -0.39 is 125 Å². The van der Waals surface area contributed by atoms with Gasteiger partial charge in [0, 0.05) is 0 Å². The summed E-state index contributed by atoms with van der Waals surface area (Å²) in [5.41, 5.74) is 6.10. The maximum atomic E-state index is 14.0. The highest BCUT2D eigenvalue weighted by Crippen LogP contribution is 2.14. The van der Waals surface area contributed by atoms with Crippen molar-refractivity contribution in [2.75, 3.05) is 12.0 Å². The fourth-order valence-electron chi connectivity index (χ4n) is 7.05. The van der Waals surface area contributed by atoms with E-state index in [4.69, 9.17) is 5.73 Å². The Morgan fingerprint density at radius 1 is 0.403 bits per heavy atom. The molecule has 67 heavy (non-hydrogen) atoms. The summed E-state index contributed by atoms with van der Waals surface area (Å²) in [6, 6.07) is -9.74. The number of hydrogen-bond donors (Lipinski definition) is 10. The van der Waals surface area contributed by atoms with E-state index in [2.05, 4.69) is 42.5 Å². The molecule has 8 amide bonds. The number of carboxylic acids is 1. The van der Waals surface area contributed by atoms with Crippen LogP contribution in [0.15, 0.2) is 0 Å². The number of carboxylic acid groups (broad SMARTS) is 1. The van der Waals surface area contributed by atoms with Crippen molar-refractivity contribution in [2.24, 2.45) is 47.2 Å². The molecule has 11 N–H and O–H groups in total. The molecule has 0 aromatic rings. The third-order valence-electron chi connectivity index (χ3n) is 10.8. The summed E-state index contributed by atoms with van der Waals surface area (Å²) in [7, 11) is 0. The van der Waals surface area contributed by atoms with Crippen LogP contribution < -0.4 is 48.3 Å². The Bertz CT molecular complexity index is 1640. The zero-order valence-electron chi connectivity index (χ0n) is 43.1. The molecule has 0 fully saturated rings. The number of rotatable bonds is 31. The lowest BCUT2D eigenvalue weighted by atomic mass is 9.97. The van der Waals surface area contributed by atoms with Gasteiger partial charge >= 0.3 is 5.97 Å². The predicted octanol–water partition coefficient (Wildman–Crippen LogP) is 2.20. The Labute approximate surface area is 404 Å². The second-order valence-electron chi connectivity index (χ2n) is 20.4. The molecule has 0 aliphatic rings. The molecule has 0 aromatic heterocycles. The molecule has 0 bridgehead atoms. The van der Waals surface area contributed by atoms with Gasteiger partial charge in [-0.25, -0.2) is 4.79 Å². The Hall–Kier alpha value is -4.46. The van der Waals surface area contributed by atoms with Crippen LogP contribution in [0.25, 0.3) is 0 Å². The average Bonchev–Trinajstić information content (AvgIpc) is 3.19. The zero-order chi connectivity index (χ0) is 52.0. The van der Waals surface area contributed by atoms with Crippen LogP contribution in [0.4, 0.5) is 0 Å². The molecule has 19 nitrogen and oxygen atoms in total. The monoisotopic (exact) mass is 970 g/mol. The van der Waals surface area contributed by atoms with Gasteiger partial charge in [0.2, 0.25) is 47.3 Å². The van der Waals surface area contributed by atoms with Gasteiger partial charge in [0.25, 0.3) is 0 Å². The third kappa shape index (κ3) is 23.9. The standard InChI is InChI=1S/C47H87N9O10S/c1-23(2)19-31(48)40(58)51-34(21-25(5)6)43(61)55-36(27(9)10)44(62)52-33(20-24(3)4)42(60)50-32(17-18-67-16)41(59)49-30(15)39(57)54-38(29(13)14)46(64)56-37(28(11)12)45(63)53-35(47(65)66)22-26(7)8/h23-38H,17-22,48H2,1-16H3,(H,49,59)(H,50,60)(H,51,58)(H,52,62)(H,53,63)(H,54,57)(H,55,61)(H,56,64)(H,65,66). The molecule has 0 aliphatic carbocycles. The number of thioether (sulfide) groups is 1. The van der Waals surface area contributed by atoms with Crippen LogP contribution >= 0.6 is 11.8 Å². The highest BCUT2D eigenvalue weighted by atomic mass is 32.2. The summed E-state index contributed by atoms with van der Waals surface area (Å²) in [5, 5.41) is 31.2. The van der Waals surface area contributed by atoms with Gasteiger partial charge in [0.05, 0.1) is 6.04 Å². The predicted molar refractivity (Wildman–Crippen MR) is 262 cm³/mol. The molecule has 0 spiro atoms. The van der Waals surface area contributed by atoms with Crippen molar-refractivity contribution in [2.45, 2.75) is 190 Å². The van der Waals surface area contributed by atoms with Gasteiger partial charge in [-0.2, -0.15) is 11.8 Å². The number of aliphatic carboxylic acids is 1. The quantitative estimate of drug-likeness (QED) is 0.0479. The van der Waals surface area contributed by atoms with Gasteiger partial charge in [-0.1, -0.05) is 96.9 Å². The Morgan fingerprint density at radius 2 is 0.716 bits per heavy atom. The highest BCUT2D eigenvalue weighted by molar-refractivity contribution is 7.98. The van der Waals surface area contributed by atoms with Crippen LogP contribution in [0.3, 0.4) is 0 Å². The number of nitrogens with one attached hydrogen (secondary N) is 8. The van der Waals surface area contributed by atoms with Crippen molar-refractivity contribution < 1.29 is 48.3 Å². The Balaban J connectivity index is 6.19. The molecule has 0 saturated heterocycles. The molecule has 0 heterocycles. The first kappa shape index (κ1) is 62.5. The minimum atomic E-state index is -1.20. The van der Waals surface area contributed by atoms with Gasteiger partial charge in [0.15, 0.2) is 0 Å². The van der Waals surface area contributed by atoms with E-state index in [1.165, 1.54) is 18.7 Å². The van der Waals surface area contributed by atoms with Crippen LogP contribution in [0.1, 0.15) is 136 Å². The molecule has 20 heteroatoms. The minimum Gasteiger partial charge on any atom is -0.480 e. The van der Waals surface area contributed by atoms with Gasteiger partial charge < -0.3 is 53.4 Å². The van der Waals surface area contributed by atoms with Crippen molar-refractivity contribution >= 4 is 65.0 Å². The lowest BCUT2D eigenvalue weighted by Crippen LogP contribution is -2.61. The van der Waals surface area contributed by atoms with Crippen molar-refractivity contribution in [1.82, 2.24) is 42.5 Å². The van der Waals surface area contributed by atoms with Crippen molar-refractivity contribution in [1.29, 1.82) is 0 Å². The van der Waals surface area contributed by atoms with Gasteiger partial charge in [-0.3, -0.25) is 38.4 Å². The summed E-state index contributed by atoms with van der Waals surface area (Å²) in [5.74, 6) is -7.13. The van der Waals surface area contributed by atoms with E-state index in [0.29, 0.717) is 18.6 Å². The Morgan fingerprint density at radius 3 is 1.10 bits per heavy atom. The molecule has 0 aromatic carbocycles. The molecular formula is C47H87N9O10S. The number of nitrogens with two attached hydrogens (primary N) is 1. The second kappa shape index (κ2) is 30.8. The first-order valence-electron chi connectivity index (χ1n) is 23.8. The van der Waals surface area contributed by atoms with E-state index >= 15 is 0 Å². The van der Waals surface area contributed by atoms with Crippen molar-refractivity contribution in [3.63, 3.8) is 0 Å². The lowest BCUT2D eigenvalue weighted by molar-refractivity contribution is -0.143. The molecule has 9 unspecified atom stereocenters. The summed E-state index contributed by atoms with van der Waals surface area (Å²) in [6.07, 6.45) is 3.07. The van der Waals surface area contributed by atoms with Crippen LogP contribution in [0.2, 0.25) is 0 Å². The minimum absolute atomic E-state index is 0.0147. The lowest BCUT2D eigenvalue weighted by Gasteiger charge is -2.30. The number of carbonyl (C=O) groups excluding carboxylic acids is 8. The van der Waals surface area contributed by atoms with Crippen molar-refractivity contribution in [3.05, 3.63) is 0 Å². The molecule has 9 atom stereocenters. The van der Waals surface area contributed by atoms with Crippen LogP contribution in [0, 0.1) is 41.4 Å². The van der Waals surface area contributed by atoms with E-state index in [9.17, 15) is 48.3 Å². The fourth-order valence-corrected chi connectivity index (χ4v) is 7.52. The van der Waals surface area contributed by atoms with Crippen LogP contribution in [-0.2, 0) is 43.2 Å². The summed E-state index contributed by atoms with van der Waals surface area (Å²) in [6.45, 7) is 26.7. The van der Waals surface area contributed by atoms with E-state index in [0.717, 1.165) is 0 Å². The average molecular weight is 970 g/mol. The molecule has 0 saturated carbocycles. The number of amides is 8. The SMILES string of the molecule is CSCCC(NC(=O)C(CC(C)C)NC(=O)C(NC(=O)C(CC(C)C)NC(=O)C(N)CC(C)C)C(C)C)C(=O)NC(C)C(=O)NC(C(=O)NC(C(=O)NC(CC(C)C)C(=O)O)C(C)C)C(C)C. The van der Waals surface area contributed by atoms with Crippen LogP contribution in [-0.4, -0.2) is 125 Å². The van der Waals surface area contributed by atoms with Crippen LogP contribution in [0.5, 0.6) is 0 Å². The first-order chi connectivity index (χ1) is 30.9. The number of carbonyl (C=O) groups is 9.